The first-order valence-electron chi connectivity index (χ1n) is 14.6. The average Bonchev–Trinajstić information content (AvgIpc) is 3.52. The Labute approximate surface area is 233 Å². The summed E-state index contributed by atoms with van der Waals surface area (Å²) < 4.78 is 7.63. The summed E-state index contributed by atoms with van der Waals surface area (Å²) in [5.41, 5.74) is 4.69. The van der Waals surface area contributed by atoms with Crippen LogP contribution in [0.15, 0.2) is 24.5 Å². The molecule has 11 heteroatoms. The minimum absolute atomic E-state index is 0.248. The van der Waals surface area contributed by atoms with Crippen molar-refractivity contribution in [3.63, 3.8) is 0 Å². The van der Waals surface area contributed by atoms with Gasteiger partial charge in [0.25, 0.3) is 0 Å². The number of amides is 3. The molecule has 0 bridgehead atoms. The summed E-state index contributed by atoms with van der Waals surface area (Å²) in [6.07, 6.45) is 5.27. The lowest BCUT2D eigenvalue weighted by atomic mass is 9.76. The summed E-state index contributed by atoms with van der Waals surface area (Å²) in [5, 5.41) is 19.8. The molecule has 1 spiro atoms. The normalized spacial score (nSPS) is 29.6. The number of rotatable bonds is 5. The molecule has 11 nitrogen and oxygen atoms in total. The molecule has 4 fully saturated rings. The summed E-state index contributed by atoms with van der Waals surface area (Å²) in [4.78, 5) is 46.7. The maximum absolute atomic E-state index is 13.9. The van der Waals surface area contributed by atoms with E-state index in [4.69, 9.17) is 4.74 Å². The fraction of sp³-hybridized carbons (Fsp3) is 0.655. The molecule has 2 aromatic rings. The third kappa shape index (κ3) is 4.72. The smallest absolute Gasteiger partial charge is 0.408 e. The van der Waals surface area contributed by atoms with Crippen LogP contribution in [0, 0.1) is 23.2 Å². The Balaban J connectivity index is 1.18. The molecular formula is C29H39N5O6. The van der Waals surface area contributed by atoms with Gasteiger partial charge in [0.15, 0.2) is 0 Å². The van der Waals surface area contributed by atoms with Crippen LogP contribution in [-0.4, -0.2) is 86.5 Å². The quantitative estimate of drug-likeness (QED) is 0.382. The zero-order chi connectivity index (χ0) is 28.0. The van der Waals surface area contributed by atoms with E-state index in [9.17, 15) is 24.7 Å². The molecule has 4 atom stereocenters. The number of carbonyl (C=O) groups is 3. The van der Waals surface area contributed by atoms with Gasteiger partial charge in [-0.15, -0.1) is 0 Å². The van der Waals surface area contributed by atoms with Crippen molar-refractivity contribution in [3.8, 4) is 0 Å². The number of benzene rings is 1. The van der Waals surface area contributed by atoms with Crippen LogP contribution in [0.3, 0.4) is 0 Å². The number of aromatic nitrogens is 2. The van der Waals surface area contributed by atoms with Crippen molar-refractivity contribution >= 4 is 28.9 Å². The van der Waals surface area contributed by atoms with Gasteiger partial charge >= 0.3 is 6.09 Å². The van der Waals surface area contributed by atoms with Gasteiger partial charge in [-0.2, -0.15) is 0 Å². The van der Waals surface area contributed by atoms with Gasteiger partial charge in [-0.25, -0.2) is 15.3 Å². The molecule has 0 radical (unpaired) electrons. The van der Waals surface area contributed by atoms with Crippen molar-refractivity contribution in [3.05, 3.63) is 30.1 Å². The first kappa shape index (κ1) is 27.0. The highest BCUT2D eigenvalue weighted by atomic mass is 16.5. The first-order chi connectivity index (χ1) is 19.3. The number of fused-ring (bicyclic) bond motifs is 1. The van der Waals surface area contributed by atoms with Gasteiger partial charge in [-0.1, -0.05) is 6.07 Å². The van der Waals surface area contributed by atoms with Crippen LogP contribution in [0.5, 0.6) is 0 Å². The topological polar surface area (TPSA) is 137 Å². The van der Waals surface area contributed by atoms with Gasteiger partial charge in [0.2, 0.25) is 11.8 Å². The number of nitrogens with zero attached hydrogens (tertiary/aromatic N) is 4. The second kappa shape index (κ2) is 10.7. The number of ether oxygens (including phenoxy) is 1. The van der Waals surface area contributed by atoms with Gasteiger partial charge in [-0.3, -0.25) is 19.7 Å². The van der Waals surface area contributed by atoms with Crippen LogP contribution in [0.25, 0.3) is 11.0 Å². The fourth-order valence-corrected chi connectivity index (χ4v) is 7.86. The van der Waals surface area contributed by atoms with E-state index in [1.165, 1.54) is 10.5 Å². The van der Waals surface area contributed by atoms with Gasteiger partial charge in [0.05, 0.1) is 23.3 Å². The van der Waals surface area contributed by atoms with Crippen LogP contribution in [0.4, 0.5) is 4.79 Å². The van der Waals surface area contributed by atoms with Gasteiger partial charge in [-0.05, 0) is 86.3 Å². The van der Waals surface area contributed by atoms with Crippen LogP contribution in [0.1, 0.15) is 56.9 Å². The Morgan fingerprint density at radius 3 is 2.55 bits per heavy atom. The number of nitrogens with one attached hydrogen (secondary N) is 1. The van der Waals surface area contributed by atoms with E-state index < -0.39 is 24.0 Å². The van der Waals surface area contributed by atoms with Gasteiger partial charge in [0, 0.05) is 39.4 Å². The van der Waals surface area contributed by atoms with Crippen LogP contribution >= 0.6 is 0 Å². The molecule has 3 aliphatic heterocycles. The zero-order valence-corrected chi connectivity index (χ0v) is 23.0. The second-order valence-electron chi connectivity index (χ2n) is 12.1. The third-order valence-corrected chi connectivity index (χ3v) is 10.1. The number of aryl methyl sites for hydroxylation is 1. The summed E-state index contributed by atoms with van der Waals surface area (Å²) in [6, 6.07) is 5.20. The molecule has 2 unspecified atom stereocenters. The Kier molecular flexibility index (Phi) is 7.20. The monoisotopic (exact) mass is 553 g/mol. The van der Waals surface area contributed by atoms with Crippen molar-refractivity contribution in [2.24, 2.45) is 23.2 Å². The summed E-state index contributed by atoms with van der Waals surface area (Å²) in [5.74, 6) is -0.933. The lowest BCUT2D eigenvalue weighted by Gasteiger charge is -2.45. The van der Waals surface area contributed by atoms with E-state index in [0.29, 0.717) is 44.6 Å². The minimum Gasteiger partial charge on any atom is -0.465 e. The molecule has 40 heavy (non-hydrogen) atoms. The summed E-state index contributed by atoms with van der Waals surface area (Å²) in [6.45, 7) is 5.56. The van der Waals surface area contributed by atoms with Gasteiger partial charge in [0.1, 0.15) is 6.04 Å². The van der Waals surface area contributed by atoms with E-state index in [-0.39, 0.29) is 23.8 Å². The van der Waals surface area contributed by atoms with E-state index in [1.807, 2.05) is 12.4 Å². The molecule has 3 saturated heterocycles. The molecule has 1 aliphatic carbocycles. The highest BCUT2D eigenvalue weighted by Crippen LogP contribution is 2.64. The Morgan fingerprint density at radius 2 is 1.88 bits per heavy atom. The Morgan fingerprint density at radius 1 is 1.12 bits per heavy atom. The summed E-state index contributed by atoms with van der Waals surface area (Å²) in [7, 11) is 0. The number of imidazole rings is 1. The molecule has 4 aliphatic rings. The number of piperidine rings is 2. The molecule has 1 aromatic carbocycles. The first-order valence-corrected chi connectivity index (χ1v) is 14.6. The molecule has 3 amide bonds. The third-order valence-electron chi connectivity index (χ3n) is 10.1. The van der Waals surface area contributed by atoms with Crippen molar-refractivity contribution in [2.45, 2.75) is 64.0 Å². The lowest BCUT2D eigenvalue weighted by Crippen LogP contribution is -2.62. The maximum Gasteiger partial charge on any atom is 0.408 e. The van der Waals surface area contributed by atoms with E-state index in [0.717, 1.165) is 49.7 Å². The predicted molar refractivity (Wildman–Crippen MR) is 145 cm³/mol. The molecule has 6 rings (SSSR count). The van der Waals surface area contributed by atoms with Crippen molar-refractivity contribution in [1.29, 1.82) is 0 Å². The number of hydrogen-bond donors (Lipinski definition) is 3. The highest BCUT2D eigenvalue weighted by Gasteiger charge is 2.64. The Bertz CT molecular complexity index is 1280. The van der Waals surface area contributed by atoms with Crippen LogP contribution in [0.2, 0.25) is 0 Å². The standard InChI is InChI=1S/C29H39N5O6/c1-2-32-17-30-23-4-3-20(13-24(23)32)18-5-9-33(10-6-18)27(36)25-21(26(35)31-39)14-29(16-34(25)28(37)38)15-22(29)19-7-11-40-12-8-19/h3-4,13,17-19,21-22,25,39H,2,5-12,14-16H2,1H3,(H,31,35)(H,37,38)/t21-,22?,25-,29?/m0/s1. The average molecular weight is 554 g/mol. The van der Waals surface area contributed by atoms with Crippen molar-refractivity contribution in [2.75, 3.05) is 32.8 Å². The van der Waals surface area contributed by atoms with E-state index >= 15 is 0 Å². The molecule has 4 heterocycles. The fourth-order valence-electron chi connectivity index (χ4n) is 7.86. The Hall–Kier alpha value is -3.18. The number of likely N-dealkylation sites (tertiary alicyclic amines) is 2. The lowest BCUT2D eigenvalue weighted by molar-refractivity contribution is -0.151. The zero-order valence-electron chi connectivity index (χ0n) is 23.0. The van der Waals surface area contributed by atoms with E-state index in [2.05, 4.69) is 28.6 Å². The SMILES string of the molecule is CCn1cnc2ccc(C3CCN(C(=O)[C@@H]4[C@@H](C(=O)NO)CC5(CC5C5CCOCC5)CN4C(=O)O)CC3)cc21. The maximum atomic E-state index is 13.9. The molecular weight excluding hydrogens is 514 g/mol. The molecule has 3 N–H and O–H groups in total. The van der Waals surface area contributed by atoms with E-state index in [1.54, 1.807) is 10.4 Å². The highest BCUT2D eigenvalue weighted by molar-refractivity contribution is 5.92. The number of hydrogen-bond acceptors (Lipinski definition) is 6. The number of carboxylic acid groups (broad SMARTS) is 1. The predicted octanol–water partition coefficient (Wildman–Crippen LogP) is 3.07. The minimum atomic E-state index is -1.19. The van der Waals surface area contributed by atoms with Crippen LogP contribution in [-0.2, 0) is 20.9 Å². The largest absolute Gasteiger partial charge is 0.465 e. The van der Waals surface area contributed by atoms with Crippen LogP contribution < -0.4 is 5.48 Å². The summed E-state index contributed by atoms with van der Waals surface area (Å²) >= 11 is 0. The number of carbonyl (C=O) groups excluding carboxylic acids is 2. The number of hydroxylamine groups is 1. The second-order valence-corrected chi connectivity index (χ2v) is 12.1. The molecule has 1 aromatic heterocycles. The molecule has 216 valence electrons. The van der Waals surface area contributed by atoms with Crippen molar-refractivity contribution < 1.29 is 29.4 Å². The van der Waals surface area contributed by atoms with Crippen molar-refractivity contribution in [1.82, 2.24) is 24.8 Å². The van der Waals surface area contributed by atoms with Gasteiger partial charge < -0.3 is 19.3 Å². The molecule has 1 saturated carbocycles.